The maximum absolute atomic E-state index is 5.68. The summed E-state index contributed by atoms with van der Waals surface area (Å²) >= 11 is 5.68. The van der Waals surface area contributed by atoms with Crippen molar-refractivity contribution in [1.29, 1.82) is 0 Å². The molecule has 0 saturated carbocycles. The van der Waals surface area contributed by atoms with Crippen LogP contribution in [0.1, 0.15) is 11.3 Å². The summed E-state index contributed by atoms with van der Waals surface area (Å²) in [4.78, 5) is 0. The summed E-state index contributed by atoms with van der Waals surface area (Å²) in [6, 6.07) is 10.1. The summed E-state index contributed by atoms with van der Waals surface area (Å²) in [5.41, 5.74) is 3.19. The van der Waals surface area contributed by atoms with Gasteiger partial charge < -0.3 is 0 Å². The van der Waals surface area contributed by atoms with Crippen LogP contribution in [0.2, 0.25) is 0 Å². The zero-order chi connectivity index (χ0) is 9.97. The zero-order valence-corrected chi connectivity index (χ0v) is 8.70. The summed E-state index contributed by atoms with van der Waals surface area (Å²) in [5, 5.41) is 4.32. The number of hydrogen-bond donors (Lipinski definition) is 0. The standard InChI is InChI=1S/C11H11ClN2/c1-9-3-2-4-11(7-9)14-6-5-10(8-12)13-14/h2-7H,8H2,1H3. The van der Waals surface area contributed by atoms with Crippen molar-refractivity contribution >= 4 is 11.6 Å². The number of nitrogens with zero attached hydrogens (tertiary/aromatic N) is 2. The van der Waals surface area contributed by atoms with Crippen LogP contribution in [0.4, 0.5) is 0 Å². The summed E-state index contributed by atoms with van der Waals surface area (Å²) in [7, 11) is 0. The highest BCUT2D eigenvalue weighted by Crippen LogP contribution is 2.10. The Labute approximate surface area is 88.1 Å². The molecule has 3 heteroatoms. The van der Waals surface area contributed by atoms with E-state index in [-0.39, 0.29) is 0 Å². The second-order valence-corrected chi connectivity index (χ2v) is 3.49. The van der Waals surface area contributed by atoms with Gasteiger partial charge >= 0.3 is 0 Å². The second-order valence-electron chi connectivity index (χ2n) is 3.22. The molecule has 2 nitrogen and oxygen atoms in total. The Morgan fingerprint density at radius 1 is 1.36 bits per heavy atom. The minimum absolute atomic E-state index is 0.457. The highest BCUT2D eigenvalue weighted by molar-refractivity contribution is 6.16. The molecular formula is C11H11ClN2. The van der Waals surface area contributed by atoms with Crippen LogP contribution < -0.4 is 0 Å². The summed E-state index contributed by atoms with van der Waals surface area (Å²) in [6.45, 7) is 2.06. The number of alkyl halides is 1. The quantitative estimate of drug-likeness (QED) is 0.691. The molecule has 0 unspecified atom stereocenters. The molecule has 2 rings (SSSR count). The van der Waals surface area contributed by atoms with E-state index in [2.05, 4.69) is 24.2 Å². The second kappa shape index (κ2) is 3.84. The van der Waals surface area contributed by atoms with Gasteiger partial charge in [-0.3, -0.25) is 0 Å². The average Bonchev–Trinajstić information content (AvgIpc) is 2.66. The first-order valence-corrected chi connectivity index (χ1v) is 5.00. The minimum atomic E-state index is 0.457. The van der Waals surface area contributed by atoms with Gasteiger partial charge in [-0.2, -0.15) is 5.10 Å². The third-order valence-electron chi connectivity index (χ3n) is 2.05. The summed E-state index contributed by atoms with van der Waals surface area (Å²) < 4.78 is 1.84. The van der Waals surface area contributed by atoms with Crippen LogP contribution in [0.15, 0.2) is 36.5 Å². The fourth-order valence-corrected chi connectivity index (χ4v) is 1.49. The van der Waals surface area contributed by atoms with Crippen LogP contribution in [-0.2, 0) is 5.88 Å². The van der Waals surface area contributed by atoms with Gasteiger partial charge in [0.2, 0.25) is 0 Å². The van der Waals surface area contributed by atoms with E-state index >= 15 is 0 Å². The maximum Gasteiger partial charge on any atom is 0.0776 e. The summed E-state index contributed by atoms with van der Waals surface area (Å²) in [6.07, 6.45) is 1.92. The van der Waals surface area contributed by atoms with Gasteiger partial charge in [-0.25, -0.2) is 4.68 Å². The van der Waals surface area contributed by atoms with Crippen molar-refractivity contribution in [1.82, 2.24) is 9.78 Å². The van der Waals surface area contributed by atoms with Gasteiger partial charge in [-0.15, -0.1) is 11.6 Å². The van der Waals surface area contributed by atoms with Crippen LogP contribution in [0, 0.1) is 6.92 Å². The van der Waals surface area contributed by atoms with E-state index in [1.54, 1.807) is 0 Å². The fourth-order valence-electron chi connectivity index (χ4n) is 1.35. The Kier molecular flexibility index (Phi) is 2.55. The lowest BCUT2D eigenvalue weighted by Gasteiger charge is -2.01. The first kappa shape index (κ1) is 9.28. The molecule has 0 bridgehead atoms. The van der Waals surface area contributed by atoms with Gasteiger partial charge in [0.15, 0.2) is 0 Å². The van der Waals surface area contributed by atoms with Crippen molar-refractivity contribution in [2.45, 2.75) is 12.8 Å². The fraction of sp³-hybridized carbons (Fsp3) is 0.182. The Morgan fingerprint density at radius 2 is 2.21 bits per heavy atom. The van der Waals surface area contributed by atoms with Crippen molar-refractivity contribution in [3.63, 3.8) is 0 Å². The van der Waals surface area contributed by atoms with Crippen LogP contribution in [0.5, 0.6) is 0 Å². The Bertz CT molecular complexity index is 434. The highest BCUT2D eigenvalue weighted by Gasteiger charge is 1.99. The first-order valence-electron chi connectivity index (χ1n) is 4.47. The van der Waals surface area contributed by atoms with E-state index in [0.29, 0.717) is 5.88 Å². The monoisotopic (exact) mass is 206 g/mol. The van der Waals surface area contributed by atoms with E-state index in [1.807, 2.05) is 29.1 Å². The molecule has 0 aliphatic carbocycles. The molecule has 14 heavy (non-hydrogen) atoms. The molecule has 2 aromatic rings. The van der Waals surface area contributed by atoms with Gasteiger partial charge in [0, 0.05) is 6.20 Å². The maximum atomic E-state index is 5.68. The van der Waals surface area contributed by atoms with Gasteiger partial charge in [0.1, 0.15) is 0 Å². The molecule has 0 amide bonds. The van der Waals surface area contributed by atoms with Crippen molar-refractivity contribution in [2.24, 2.45) is 0 Å². The van der Waals surface area contributed by atoms with Crippen molar-refractivity contribution < 1.29 is 0 Å². The molecule has 0 spiro atoms. The molecule has 1 heterocycles. The normalized spacial score (nSPS) is 10.4. The van der Waals surface area contributed by atoms with E-state index in [9.17, 15) is 0 Å². The minimum Gasteiger partial charge on any atom is -0.241 e. The topological polar surface area (TPSA) is 17.8 Å². The Hall–Kier alpha value is -1.28. The van der Waals surface area contributed by atoms with Crippen molar-refractivity contribution in [3.05, 3.63) is 47.8 Å². The van der Waals surface area contributed by atoms with Gasteiger partial charge in [0.05, 0.1) is 17.3 Å². The highest BCUT2D eigenvalue weighted by atomic mass is 35.5. The molecular weight excluding hydrogens is 196 g/mol. The molecule has 0 aliphatic heterocycles. The van der Waals surface area contributed by atoms with E-state index in [1.165, 1.54) is 5.56 Å². The first-order chi connectivity index (χ1) is 6.79. The lowest BCUT2D eigenvalue weighted by atomic mass is 10.2. The molecule has 0 N–H and O–H groups in total. The Balaban J connectivity index is 2.39. The smallest absolute Gasteiger partial charge is 0.0776 e. The number of aromatic nitrogens is 2. The predicted molar refractivity (Wildman–Crippen MR) is 57.9 cm³/mol. The molecule has 0 saturated heterocycles. The molecule has 0 atom stereocenters. The summed E-state index contributed by atoms with van der Waals surface area (Å²) in [5.74, 6) is 0.457. The van der Waals surface area contributed by atoms with Gasteiger partial charge in [-0.05, 0) is 30.7 Å². The van der Waals surface area contributed by atoms with Crippen LogP contribution >= 0.6 is 11.6 Å². The number of benzene rings is 1. The zero-order valence-electron chi connectivity index (χ0n) is 7.94. The molecule has 0 aliphatic rings. The van der Waals surface area contributed by atoms with E-state index in [4.69, 9.17) is 11.6 Å². The lowest BCUT2D eigenvalue weighted by molar-refractivity contribution is 0.857. The molecule has 1 aromatic carbocycles. The molecule has 0 radical (unpaired) electrons. The number of hydrogen-bond acceptors (Lipinski definition) is 1. The molecule has 1 aromatic heterocycles. The SMILES string of the molecule is Cc1cccc(-n2ccc(CCl)n2)c1. The van der Waals surface area contributed by atoms with Crippen molar-refractivity contribution in [3.8, 4) is 5.69 Å². The van der Waals surface area contributed by atoms with E-state index in [0.717, 1.165) is 11.4 Å². The molecule has 0 fully saturated rings. The van der Waals surface area contributed by atoms with Gasteiger partial charge in [0.25, 0.3) is 0 Å². The average molecular weight is 207 g/mol. The van der Waals surface area contributed by atoms with Gasteiger partial charge in [-0.1, -0.05) is 12.1 Å². The van der Waals surface area contributed by atoms with Crippen LogP contribution in [0.25, 0.3) is 5.69 Å². The number of aryl methyl sites for hydroxylation is 1. The number of rotatable bonds is 2. The lowest BCUT2D eigenvalue weighted by Crippen LogP contribution is -1.95. The predicted octanol–water partition coefficient (Wildman–Crippen LogP) is 2.92. The largest absolute Gasteiger partial charge is 0.241 e. The molecule has 72 valence electrons. The van der Waals surface area contributed by atoms with Crippen LogP contribution in [0.3, 0.4) is 0 Å². The van der Waals surface area contributed by atoms with Crippen LogP contribution in [-0.4, -0.2) is 9.78 Å². The van der Waals surface area contributed by atoms with E-state index < -0.39 is 0 Å². The number of halogens is 1. The Morgan fingerprint density at radius 3 is 2.86 bits per heavy atom. The third-order valence-corrected chi connectivity index (χ3v) is 2.32. The van der Waals surface area contributed by atoms with Crippen molar-refractivity contribution in [2.75, 3.05) is 0 Å². The third kappa shape index (κ3) is 1.80.